The monoisotopic (exact) mass is 432 g/mol. The Bertz CT molecular complexity index is 1020. The van der Waals surface area contributed by atoms with Crippen LogP contribution in [0.15, 0.2) is 49.3 Å². The molecule has 1 aromatic carbocycles. The van der Waals surface area contributed by atoms with Gasteiger partial charge in [-0.3, -0.25) is 9.69 Å². The number of halogens is 3. The van der Waals surface area contributed by atoms with Gasteiger partial charge in [-0.1, -0.05) is 0 Å². The van der Waals surface area contributed by atoms with E-state index < -0.39 is 17.6 Å². The molecule has 0 unspecified atom stereocenters. The first-order valence-corrected chi connectivity index (χ1v) is 9.50. The van der Waals surface area contributed by atoms with Gasteiger partial charge >= 0.3 is 6.18 Å². The van der Waals surface area contributed by atoms with E-state index in [4.69, 9.17) is 0 Å². The van der Waals surface area contributed by atoms with Crippen LogP contribution in [0.5, 0.6) is 0 Å². The fourth-order valence-electron chi connectivity index (χ4n) is 3.30. The number of amides is 1. The van der Waals surface area contributed by atoms with Crippen molar-refractivity contribution < 1.29 is 18.0 Å². The molecule has 1 aliphatic heterocycles. The highest BCUT2D eigenvalue weighted by Gasteiger charge is 2.31. The zero-order chi connectivity index (χ0) is 21.8. The molecule has 1 amide bonds. The number of carbonyl (C=O) groups excluding carboxylic acids is 1. The van der Waals surface area contributed by atoms with E-state index in [0.29, 0.717) is 37.8 Å². The second kappa shape index (κ2) is 8.68. The molecule has 1 saturated heterocycles. The standard InChI is InChI=1S/C19H19F3N8O/c20-19(21,22)14-2-3-16(30-13-23-12-26-30)15(10-14)27-17(31)11-28-6-8-29(9-7-28)18-24-4-1-5-25-18/h1-5,10,12-13H,6-9,11H2,(H,27,31). The topological polar surface area (TPSA) is 92.1 Å². The van der Waals surface area contributed by atoms with E-state index in [9.17, 15) is 18.0 Å². The van der Waals surface area contributed by atoms with Crippen molar-refractivity contribution >= 4 is 17.5 Å². The van der Waals surface area contributed by atoms with Gasteiger partial charge in [0.05, 0.1) is 23.5 Å². The van der Waals surface area contributed by atoms with Gasteiger partial charge in [-0.25, -0.2) is 19.6 Å². The van der Waals surface area contributed by atoms with Crippen LogP contribution in [0.3, 0.4) is 0 Å². The van der Waals surface area contributed by atoms with Crippen LogP contribution in [-0.2, 0) is 11.0 Å². The number of anilines is 2. The number of piperazine rings is 1. The molecule has 0 radical (unpaired) electrons. The number of benzene rings is 1. The summed E-state index contributed by atoms with van der Waals surface area (Å²) in [5.41, 5.74) is -0.547. The molecule has 3 heterocycles. The number of nitrogens with one attached hydrogen (secondary N) is 1. The molecule has 162 valence electrons. The third kappa shape index (κ3) is 4.97. The Kier molecular flexibility index (Phi) is 5.80. The number of hydrogen-bond acceptors (Lipinski definition) is 7. The molecule has 9 nitrogen and oxygen atoms in total. The van der Waals surface area contributed by atoms with Crippen LogP contribution >= 0.6 is 0 Å². The van der Waals surface area contributed by atoms with Crippen molar-refractivity contribution in [1.82, 2.24) is 29.6 Å². The second-order valence-electron chi connectivity index (χ2n) is 6.93. The Morgan fingerprint density at radius 1 is 1.10 bits per heavy atom. The van der Waals surface area contributed by atoms with Gasteiger partial charge in [0, 0.05) is 38.6 Å². The van der Waals surface area contributed by atoms with Crippen molar-refractivity contribution in [2.24, 2.45) is 0 Å². The molecule has 12 heteroatoms. The summed E-state index contributed by atoms with van der Waals surface area (Å²) < 4.78 is 40.8. The lowest BCUT2D eigenvalue weighted by Crippen LogP contribution is -2.49. The Morgan fingerprint density at radius 3 is 2.48 bits per heavy atom. The highest BCUT2D eigenvalue weighted by molar-refractivity contribution is 5.94. The largest absolute Gasteiger partial charge is 0.416 e. The zero-order valence-corrected chi connectivity index (χ0v) is 16.3. The lowest BCUT2D eigenvalue weighted by atomic mass is 10.1. The maximum absolute atomic E-state index is 13.2. The molecule has 3 aromatic rings. The summed E-state index contributed by atoms with van der Waals surface area (Å²) in [6.45, 7) is 2.54. The summed E-state index contributed by atoms with van der Waals surface area (Å²) in [5, 5.41) is 6.54. The van der Waals surface area contributed by atoms with Gasteiger partial charge in [-0.15, -0.1) is 0 Å². The van der Waals surface area contributed by atoms with Crippen molar-refractivity contribution in [2.45, 2.75) is 6.18 Å². The van der Waals surface area contributed by atoms with Crippen LogP contribution in [0.1, 0.15) is 5.56 Å². The van der Waals surface area contributed by atoms with Gasteiger partial charge in [0.15, 0.2) is 0 Å². The molecule has 31 heavy (non-hydrogen) atoms. The second-order valence-corrected chi connectivity index (χ2v) is 6.93. The summed E-state index contributed by atoms with van der Waals surface area (Å²) in [6.07, 6.45) is 1.42. The van der Waals surface area contributed by atoms with E-state index in [2.05, 4.69) is 25.4 Å². The van der Waals surface area contributed by atoms with Crippen molar-refractivity contribution in [3.63, 3.8) is 0 Å². The van der Waals surface area contributed by atoms with Crippen molar-refractivity contribution in [2.75, 3.05) is 42.9 Å². The lowest BCUT2D eigenvalue weighted by Gasteiger charge is -2.34. The maximum Gasteiger partial charge on any atom is 0.416 e. The van der Waals surface area contributed by atoms with Crippen LogP contribution in [0.4, 0.5) is 24.8 Å². The molecule has 1 aliphatic rings. The minimum atomic E-state index is -4.53. The summed E-state index contributed by atoms with van der Waals surface area (Å²) in [7, 11) is 0. The van der Waals surface area contributed by atoms with Crippen LogP contribution in [-0.4, -0.2) is 68.3 Å². The number of nitrogens with zero attached hydrogens (tertiary/aromatic N) is 7. The molecule has 0 spiro atoms. The van der Waals surface area contributed by atoms with Gasteiger partial charge in [-0.2, -0.15) is 18.3 Å². The minimum absolute atomic E-state index is 0.0154. The maximum atomic E-state index is 13.2. The van der Waals surface area contributed by atoms with E-state index in [1.807, 2.05) is 9.80 Å². The predicted octanol–water partition coefficient (Wildman–Crippen LogP) is 1.84. The Hall–Kier alpha value is -3.54. The first-order valence-electron chi connectivity index (χ1n) is 9.50. The summed E-state index contributed by atoms with van der Waals surface area (Å²) in [6, 6.07) is 4.84. The van der Waals surface area contributed by atoms with Crippen molar-refractivity contribution in [3.05, 3.63) is 54.9 Å². The molecular weight excluding hydrogens is 413 g/mol. The predicted molar refractivity (Wildman–Crippen MR) is 106 cm³/mol. The lowest BCUT2D eigenvalue weighted by molar-refractivity contribution is -0.137. The van der Waals surface area contributed by atoms with E-state index in [0.717, 1.165) is 12.1 Å². The van der Waals surface area contributed by atoms with Crippen molar-refractivity contribution in [1.29, 1.82) is 0 Å². The van der Waals surface area contributed by atoms with Gasteiger partial charge in [-0.05, 0) is 24.3 Å². The molecule has 0 atom stereocenters. The average Bonchev–Trinajstić information content (AvgIpc) is 3.29. The van der Waals surface area contributed by atoms with E-state index >= 15 is 0 Å². The number of alkyl halides is 3. The van der Waals surface area contributed by atoms with Gasteiger partial charge in [0.1, 0.15) is 12.7 Å². The number of aromatic nitrogens is 5. The van der Waals surface area contributed by atoms with E-state index in [1.54, 1.807) is 18.5 Å². The Balaban J connectivity index is 1.42. The first kappa shape index (κ1) is 20.7. The molecule has 0 aliphatic carbocycles. The van der Waals surface area contributed by atoms with Gasteiger partial charge < -0.3 is 10.2 Å². The Morgan fingerprint density at radius 2 is 1.84 bits per heavy atom. The van der Waals surface area contributed by atoms with Gasteiger partial charge in [0.2, 0.25) is 11.9 Å². The third-order valence-electron chi connectivity index (χ3n) is 4.84. The SMILES string of the molecule is O=C(CN1CCN(c2ncccn2)CC1)Nc1cc(C(F)(F)F)ccc1-n1cncn1. The zero-order valence-electron chi connectivity index (χ0n) is 16.3. The van der Waals surface area contributed by atoms with Crippen molar-refractivity contribution in [3.8, 4) is 5.69 Å². The molecule has 1 fully saturated rings. The normalized spacial score (nSPS) is 15.1. The highest BCUT2D eigenvalue weighted by atomic mass is 19.4. The summed E-state index contributed by atoms with van der Waals surface area (Å²) >= 11 is 0. The van der Waals surface area contributed by atoms with Crippen LogP contribution in [0.25, 0.3) is 5.69 Å². The fraction of sp³-hybridized carbons (Fsp3) is 0.316. The van der Waals surface area contributed by atoms with Gasteiger partial charge in [0.25, 0.3) is 0 Å². The summed E-state index contributed by atoms with van der Waals surface area (Å²) in [4.78, 5) is 28.8. The number of rotatable bonds is 5. The average molecular weight is 432 g/mol. The fourth-order valence-corrected chi connectivity index (χ4v) is 3.30. The number of carbonyl (C=O) groups is 1. The van der Waals surface area contributed by atoms with E-state index in [1.165, 1.54) is 23.4 Å². The van der Waals surface area contributed by atoms with Crippen LogP contribution in [0.2, 0.25) is 0 Å². The molecule has 4 rings (SSSR count). The molecule has 0 saturated carbocycles. The van der Waals surface area contributed by atoms with Crippen LogP contribution < -0.4 is 10.2 Å². The molecular formula is C19H19F3N8O. The molecule has 1 N–H and O–H groups in total. The summed E-state index contributed by atoms with van der Waals surface area (Å²) in [5.74, 6) is 0.221. The van der Waals surface area contributed by atoms with E-state index in [-0.39, 0.29) is 12.2 Å². The van der Waals surface area contributed by atoms with Crippen LogP contribution in [0, 0.1) is 0 Å². The Labute approximate surface area is 175 Å². The minimum Gasteiger partial charge on any atom is -0.338 e. The highest BCUT2D eigenvalue weighted by Crippen LogP contribution is 2.33. The molecule has 0 bridgehead atoms. The quantitative estimate of drug-likeness (QED) is 0.658. The first-order chi connectivity index (χ1) is 14.9. The third-order valence-corrected chi connectivity index (χ3v) is 4.84. The molecule has 2 aromatic heterocycles. The number of hydrogen-bond donors (Lipinski definition) is 1. The smallest absolute Gasteiger partial charge is 0.338 e.